The highest BCUT2D eigenvalue weighted by Gasteiger charge is 2.26. The maximum absolute atomic E-state index is 12.9. The van der Waals surface area contributed by atoms with Gasteiger partial charge in [0, 0.05) is 30.9 Å². The Morgan fingerprint density at radius 1 is 1.31 bits per heavy atom. The zero-order valence-corrected chi connectivity index (χ0v) is 15.6. The molecule has 0 spiro atoms. The number of benzene rings is 1. The van der Waals surface area contributed by atoms with E-state index in [1.807, 2.05) is 32.0 Å². The van der Waals surface area contributed by atoms with Crippen molar-refractivity contribution in [2.24, 2.45) is 7.05 Å². The second kappa shape index (κ2) is 5.99. The maximum atomic E-state index is 12.9. The molecule has 0 fully saturated rings. The van der Waals surface area contributed by atoms with Crippen LogP contribution in [0.15, 0.2) is 23.0 Å². The lowest BCUT2D eigenvalue weighted by Gasteiger charge is -2.17. The van der Waals surface area contributed by atoms with Crippen LogP contribution < -0.4 is 5.56 Å². The molecule has 0 aliphatic carbocycles. The van der Waals surface area contributed by atoms with E-state index in [2.05, 4.69) is 10.1 Å². The summed E-state index contributed by atoms with van der Waals surface area (Å²) in [7, 11) is 1.76. The minimum absolute atomic E-state index is 0.0111. The molecule has 0 bridgehead atoms. The monoisotopic (exact) mass is 370 g/mol. The predicted octanol–water partition coefficient (Wildman–Crippen LogP) is 2.62. The van der Waals surface area contributed by atoms with E-state index >= 15 is 0 Å². The summed E-state index contributed by atoms with van der Waals surface area (Å²) in [5, 5.41) is 3.97. The summed E-state index contributed by atoms with van der Waals surface area (Å²) in [6.07, 6.45) is 0.223. The van der Waals surface area contributed by atoms with Crippen molar-refractivity contribution < 1.29 is 4.79 Å². The van der Waals surface area contributed by atoms with Crippen molar-refractivity contribution in [3.8, 4) is 0 Å². The van der Waals surface area contributed by atoms with Gasteiger partial charge >= 0.3 is 0 Å². The van der Waals surface area contributed by atoms with Gasteiger partial charge in [-0.2, -0.15) is 0 Å². The molecule has 0 atom stereocenters. The number of H-pyrrole nitrogens is 1. The van der Waals surface area contributed by atoms with E-state index in [1.165, 1.54) is 0 Å². The number of aryl methyl sites for hydroxylation is 3. The molecule has 1 aliphatic heterocycles. The van der Waals surface area contributed by atoms with Crippen LogP contribution in [0.25, 0.3) is 11.0 Å². The Labute approximate surface area is 155 Å². The highest BCUT2D eigenvalue weighted by atomic mass is 35.5. The van der Waals surface area contributed by atoms with Crippen molar-refractivity contribution in [3.05, 3.63) is 61.5 Å². The largest absolute Gasteiger partial charge is 0.334 e. The van der Waals surface area contributed by atoms with Crippen molar-refractivity contribution in [1.29, 1.82) is 0 Å². The van der Waals surface area contributed by atoms with Gasteiger partial charge in [-0.3, -0.25) is 19.4 Å². The van der Waals surface area contributed by atoms with Gasteiger partial charge < -0.3 is 4.90 Å². The van der Waals surface area contributed by atoms with Crippen LogP contribution in [-0.2, 0) is 31.4 Å². The number of pyridine rings is 1. The van der Waals surface area contributed by atoms with Gasteiger partial charge in [0.25, 0.3) is 5.56 Å². The summed E-state index contributed by atoms with van der Waals surface area (Å²) in [6, 6.07) is 5.76. The molecule has 7 heteroatoms. The summed E-state index contributed by atoms with van der Waals surface area (Å²) in [5.74, 6) is 0.0111. The van der Waals surface area contributed by atoms with E-state index in [0.29, 0.717) is 29.1 Å². The summed E-state index contributed by atoms with van der Waals surface area (Å²) < 4.78 is 1.61. The SMILES string of the molecule is Cc1nc2c(c(C)c1CC(=O)N1Cc3cccc(Cl)c3C1)c(=O)[nH]n2C. The van der Waals surface area contributed by atoms with Gasteiger partial charge in [-0.05, 0) is 42.2 Å². The second-order valence-corrected chi connectivity index (χ2v) is 7.21. The molecule has 0 saturated heterocycles. The zero-order valence-electron chi connectivity index (χ0n) is 14.9. The lowest BCUT2D eigenvalue weighted by atomic mass is 10.0. The molecule has 2 aromatic heterocycles. The Morgan fingerprint density at radius 3 is 2.81 bits per heavy atom. The molecule has 1 aromatic carbocycles. The molecule has 0 saturated carbocycles. The van der Waals surface area contributed by atoms with Crippen molar-refractivity contribution >= 4 is 28.5 Å². The van der Waals surface area contributed by atoms with E-state index in [0.717, 1.165) is 27.9 Å². The third kappa shape index (κ3) is 2.52. The fourth-order valence-electron chi connectivity index (χ4n) is 3.73. The number of carbonyl (C=O) groups excluding carboxylic acids is 1. The van der Waals surface area contributed by atoms with Crippen molar-refractivity contribution in [2.45, 2.75) is 33.4 Å². The molecule has 6 nitrogen and oxygen atoms in total. The fraction of sp³-hybridized carbons (Fsp3) is 0.316. The lowest BCUT2D eigenvalue weighted by Crippen LogP contribution is -2.27. The van der Waals surface area contributed by atoms with Gasteiger partial charge in [-0.25, -0.2) is 4.98 Å². The number of nitrogens with one attached hydrogen (secondary N) is 1. The van der Waals surface area contributed by atoms with Crippen LogP contribution >= 0.6 is 11.6 Å². The van der Waals surface area contributed by atoms with Gasteiger partial charge in [0.1, 0.15) is 0 Å². The fourth-order valence-corrected chi connectivity index (χ4v) is 3.98. The molecule has 26 heavy (non-hydrogen) atoms. The molecular weight excluding hydrogens is 352 g/mol. The third-order valence-electron chi connectivity index (χ3n) is 5.18. The van der Waals surface area contributed by atoms with E-state index < -0.39 is 0 Å². The van der Waals surface area contributed by atoms with Gasteiger partial charge in [-0.1, -0.05) is 23.7 Å². The molecule has 1 aliphatic rings. The van der Waals surface area contributed by atoms with E-state index in [9.17, 15) is 9.59 Å². The quantitative estimate of drug-likeness (QED) is 0.753. The molecule has 1 N–H and O–H groups in total. The van der Waals surface area contributed by atoms with E-state index in [4.69, 9.17) is 11.6 Å². The van der Waals surface area contributed by atoms with Crippen molar-refractivity contribution in [1.82, 2.24) is 19.7 Å². The number of fused-ring (bicyclic) bond motifs is 2. The summed E-state index contributed by atoms with van der Waals surface area (Å²) >= 11 is 6.25. The van der Waals surface area contributed by atoms with Crippen LogP contribution in [0.1, 0.15) is 27.9 Å². The van der Waals surface area contributed by atoms with Crippen LogP contribution in [-0.4, -0.2) is 25.6 Å². The number of nitrogens with zero attached hydrogens (tertiary/aromatic N) is 3. The van der Waals surface area contributed by atoms with Crippen LogP contribution in [0, 0.1) is 13.8 Å². The lowest BCUT2D eigenvalue weighted by molar-refractivity contribution is -0.131. The summed E-state index contributed by atoms with van der Waals surface area (Å²) in [5.41, 5.74) is 4.95. The van der Waals surface area contributed by atoms with Gasteiger partial charge in [0.2, 0.25) is 5.91 Å². The molecule has 3 aromatic rings. The average Bonchev–Trinajstić information content (AvgIpc) is 3.14. The molecule has 4 rings (SSSR count). The second-order valence-electron chi connectivity index (χ2n) is 6.80. The van der Waals surface area contributed by atoms with Gasteiger partial charge in [-0.15, -0.1) is 0 Å². The Morgan fingerprint density at radius 2 is 2.08 bits per heavy atom. The number of rotatable bonds is 2. The summed E-state index contributed by atoms with van der Waals surface area (Å²) in [4.78, 5) is 31.4. The number of carbonyl (C=O) groups is 1. The number of halogens is 1. The van der Waals surface area contributed by atoms with Crippen LogP contribution in [0.2, 0.25) is 5.02 Å². The number of aromatic amines is 1. The minimum atomic E-state index is -0.179. The smallest absolute Gasteiger partial charge is 0.273 e. The van der Waals surface area contributed by atoms with Crippen molar-refractivity contribution in [3.63, 3.8) is 0 Å². The number of hydrogen-bond donors (Lipinski definition) is 1. The zero-order chi connectivity index (χ0) is 18.6. The Bertz CT molecular complexity index is 1110. The molecule has 134 valence electrons. The van der Waals surface area contributed by atoms with Crippen LogP contribution in [0.5, 0.6) is 0 Å². The predicted molar refractivity (Wildman–Crippen MR) is 100 cm³/mol. The van der Waals surface area contributed by atoms with Crippen LogP contribution in [0.3, 0.4) is 0 Å². The minimum Gasteiger partial charge on any atom is -0.334 e. The molecular formula is C19H19ClN4O2. The van der Waals surface area contributed by atoms with Gasteiger partial charge in [0.05, 0.1) is 11.8 Å². The molecule has 3 heterocycles. The first-order chi connectivity index (χ1) is 12.4. The number of aromatic nitrogens is 3. The first-order valence-electron chi connectivity index (χ1n) is 8.45. The Hall–Kier alpha value is -2.60. The number of hydrogen-bond acceptors (Lipinski definition) is 3. The maximum Gasteiger partial charge on any atom is 0.273 e. The first kappa shape index (κ1) is 16.8. The van der Waals surface area contributed by atoms with Crippen LogP contribution in [0.4, 0.5) is 0 Å². The normalized spacial score (nSPS) is 13.5. The third-order valence-corrected chi connectivity index (χ3v) is 5.54. The Kier molecular flexibility index (Phi) is 3.88. The molecule has 1 amide bonds. The standard InChI is InChI=1S/C19H19ClN4O2/c1-10-13(11(2)21-18-17(10)19(26)22-23(18)3)7-16(25)24-8-12-5-4-6-15(20)14(12)9-24/h4-6H,7-9H2,1-3H3,(H,22,26). The topological polar surface area (TPSA) is 71.0 Å². The Balaban J connectivity index is 1.66. The molecule has 0 unspecified atom stereocenters. The van der Waals surface area contributed by atoms with E-state index in [-0.39, 0.29) is 17.9 Å². The van der Waals surface area contributed by atoms with Gasteiger partial charge in [0.15, 0.2) is 5.65 Å². The highest BCUT2D eigenvalue weighted by molar-refractivity contribution is 6.31. The highest BCUT2D eigenvalue weighted by Crippen LogP contribution is 2.30. The van der Waals surface area contributed by atoms with E-state index in [1.54, 1.807) is 16.6 Å². The average molecular weight is 371 g/mol. The number of amides is 1. The molecule has 0 radical (unpaired) electrons. The summed E-state index contributed by atoms with van der Waals surface area (Å²) in [6.45, 7) is 4.84. The van der Waals surface area contributed by atoms with Crippen molar-refractivity contribution in [2.75, 3.05) is 0 Å². The first-order valence-corrected chi connectivity index (χ1v) is 8.83.